The standard InChI is InChI=1S/C29H32F2N6O3/c1-18(19-7-5-10-22(13-19)40-27(30)31)34-28(38)37-12-11-36(16-29(37,2)3)26-23-15-24(35-25(23)32-17-33-26)20-8-6-9-21(14-20)39-4/h5-10,13-15,17-18,27H,11-12,16H2,1-4H3,(H,34,38)(H,32,33,35). The van der Waals surface area contributed by atoms with Crippen LogP contribution in [0.15, 0.2) is 60.9 Å². The van der Waals surface area contributed by atoms with Gasteiger partial charge in [-0.25, -0.2) is 14.8 Å². The second kappa shape index (κ2) is 11.0. The van der Waals surface area contributed by atoms with Crippen LogP contribution in [0.4, 0.5) is 19.4 Å². The van der Waals surface area contributed by atoms with E-state index in [1.807, 2.05) is 51.1 Å². The van der Waals surface area contributed by atoms with Gasteiger partial charge in [0.25, 0.3) is 0 Å². The molecule has 5 rings (SSSR count). The molecule has 1 saturated heterocycles. The molecule has 1 atom stereocenters. The Labute approximate surface area is 231 Å². The van der Waals surface area contributed by atoms with Crippen molar-refractivity contribution < 1.29 is 23.0 Å². The number of urea groups is 1. The number of H-pyrrole nitrogens is 1. The van der Waals surface area contributed by atoms with Gasteiger partial charge in [0, 0.05) is 30.9 Å². The molecule has 2 aromatic heterocycles. The third kappa shape index (κ3) is 5.63. The topological polar surface area (TPSA) is 95.6 Å². The van der Waals surface area contributed by atoms with Crippen molar-refractivity contribution in [3.8, 4) is 22.8 Å². The van der Waals surface area contributed by atoms with Crippen LogP contribution in [0.3, 0.4) is 0 Å². The fourth-order valence-electron chi connectivity index (χ4n) is 5.14. The highest BCUT2D eigenvalue weighted by Gasteiger charge is 2.38. The van der Waals surface area contributed by atoms with E-state index in [0.29, 0.717) is 25.2 Å². The van der Waals surface area contributed by atoms with Gasteiger partial charge in [0.15, 0.2) is 0 Å². The SMILES string of the molecule is COc1cccc(-c2cc3c(N4CCN(C(=O)NC(C)c5cccc(OC(F)F)c5)C(C)(C)C4)ncnc3[nH]2)c1. The lowest BCUT2D eigenvalue weighted by Gasteiger charge is -2.47. The van der Waals surface area contributed by atoms with Gasteiger partial charge in [-0.3, -0.25) is 0 Å². The number of benzene rings is 2. The van der Waals surface area contributed by atoms with Crippen LogP contribution in [0.1, 0.15) is 32.4 Å². The van der Waals surface area contributed by atoms with Crippen LogP contribution in [0, 0.1) is 0 Å². The van der Waals surface area contributed by atoms with E-state index in [-0.39, 0.29) is 11.8 Å². The lowest BCUT2D eigenvalue weighted by Crippen LogP contribution is -2.63. The smallest absolute Gasteiger partial charge is 0.387 e. The number of carbonyl (C=O) groups is 1. The van der Waals surface area contributed by atoms with E-state index in [0.717, 1.165) is 33.9 Å². The summed E-state index contributed by atoms with van der Waals surface area (Å²) in [5, 5.41) is 3.90. The average molecular weight is 551 g/mol. The Balaban J connectivity index is 1.31. The quantitative estimate of drug-likeness (QED) is 0.311. The number of hydrogen-bond donors (Lipinski definition) is 2. The number of carbonyl (C=O) groups excluding carboxylic acids is 1. The van der Waals surface area contributed by atoms with Crippen LogP contribution in [0.5, 0.6) is 11.5 Å². The van der Waals surface area contributed by atoms with Crippen LogP contribution >= 0.6 is 0 Å². The minimum atomic E-state index is -2.91. The molecule has 3 heterocycles. The molecule has 210 valence electrons. The third-order valence-corrected chi connectivity index (χ3v) is 7.16. The normalized spacial score (nSPS) is 15.8. The molecule has 0 saturated carbocycles. The summed E-state index contributed by atoms with van der Waals surface area (Å²) in [5.41, 5.74) is 2.76. The monoisotopic (exact) mass is 550 g/mol. The zero-order valence-electron chi connectivity index (χ0n) is 22.8. The van der Waals surface area contributed by atoms with Crippen LogP contribution < -0.4 is 19.7 Å². The Hall–Kier alpha value is -4.41. The van der Waals surface area contributed by atoms with Gasteiger partial charge >= 0.3 is 12.6 Å². The maximum atomic E-state index is 13.3. The number of ether oxygens (including phenoxy) is 2. The van der Waals surface area contributed by atoms with Gasteiger partial charge in [0.2, 0.25) is 0 Å². The maximum absolute atomic E-state index is 13.3. The Bertz CT molecular complexity index is 1510. The highest BCUT2D eigenvalue weighted by molar-refractivity contribution is 5.92. The number of nitrogens with zero attached hydrogens (tertiary/aromatic N) is 4. The number of anilines is 1. The molecule has 11 heteroatoms. The third-order valence-electron chi connectivity index (χ3n) is 7.16. The molecular weight excluding hydrogens is 518 g/mol. The van der Waals surface area contributed by atoms with E-state index in [4.69, 9.17) is 4.74 Å². The molecule has 2 amide bonds. The fourth-order valence-corrected chi connectivity index (χ4v) is 5.14. The Morgan fingerprint density at radius 1 is 1.07 bits per heavy atom. The minimum absolute atomic E-state index is 0.0537. The summed E-state index contributed by atoms with van der Waals surface area (Å²) in [5.74, 6) is 1.62. The molecule has 0 radical (unpaired) electrons. The molecule has 2 N–H and O–H groups in total. The molecule has 1 aliphatic rings. The molecule has 9 nitrogen and oxygen atoms in total. The highest BCUT2D eigenvalue weighted by atomic mass is 19.3. The molecule has 4 aromatic rings. The van der Waals surface area contributed by atoms with E-state index in [1.54, 1.807) is 30.5 Å². The second-order valence-electron chi connectivity index (χ2n) is 10.4. The number of aromatic nitrogens is 3. The zero-order valence-corrected chi connectivity index (χ0v) is 22.8. The summed E-state index contributed by atoms with van der Waals surface area (Å²) >= 11 is 0. The maximum Gasteiger partial charge on any atom is 0.387 e. The average Bonchev–Trinajstić information content (AvgIpc) is 3.37. The van der Waals surface area contributed by atoms with Crippen LogP contribution in [0.2, 0.25) is 0 Å². The van der Waals surface area contributed by atoms with E-state index in [2.05, 4.69) is 29.9 Å². The number of halogens is 2. The number of methoxy groups -OCH3 is 1. The minimum Gasteiger partial charge on any atom is -0.497 e. The zero-order chi connectivity index (χ0) is 28.4. The van der Waals surface area contributed by atoms with Crippen molar-refractivity contribution in [3.63, 3.8) is 0 Å². The number of piperazine rings is 1. The Morgan fingerprint density at radius 3 is 2.60 bits per heavy atom. The molecule has 1 unspecified atom stereocenters. The molecule has 1 aliphatic heterocycles. The first-order chi connectivity index (χ1) is 19.1. The summed E-state index contributed by atoms with van der Waals surface area (Å²) in [7, 11) is 1.64. The number of aromatic amines is 1. The first kappa shape index (κ1) is 27.2. The fraction of sp³-hybridized carbons (Fsp3) is 0.345. The molecule has 2 aromatic carbocycles. The molecule has 40 heavy (non-hydrogen) atoms. The van der Waals surface area contributed by atoms with Crippen molar-refractivity contribution in [2.45, 2.75) is 39.0 Å². The van der Waals surface area contributed by atoms with Crippen molar-refractivity contribution in [1.29, 1.82) is 0 Å². The van der Waals surface area contributed by atoms with Crippen molar-refractivity contribution in [2.24, 2.45) is 0 Å². The van der Waals surface area contributed by atoms with Gasteiger partial charge in [-0.05, 0) is 56.7 Å². The van der Waals surface area contributed by atoms with Gasteiger partial charge in [0.1, 0.15) is 29.3 Å². The van der Waals surface area contributed by atoms with Gasteiger partial charge < -0.3 is 29.6 Å². The van der Waals surface area contributed by atoms with Gasteiger partial charge in [-0.2, -0.15) is 8.78 Å². The van der Waals surface area contributed by atoms with Gasteiger partial charge in [-0.1, -0.05) is 24.3 Å². The molecule has 0 aliphatic carbocycles. The number of rotatable bonds is 7. The molecule has 0 bridgehead atoms. The lowest BCUT2D eigenvalue weighted by molar-refractivity contribution is -0.0499. The number of nitrogens with one attached hydrogen (secondary N) is 2. The Kier molecular flexibility index (Phi) is 7.46. The summed E-state index contributed by atoms with van der Waals surface area (Å²) in [6, 6.07) is 15.6. The predicted octanol–water partition coefficient (Wildman–Crippen LogP) is 5.61. The summed E-state index contributed by atoms with van der Waals surface area (Å²) in [6.07, 6.45) is 1.54. The molecule has 0 spiro atoms. The van der Waals surface area contributed by atoms with Crippen LogP contribution in [-0.2, 0) is 0 Å². The van der Waals surface area contributed by atoms with Crippen LogP contribution in [0.25, 0.3) is 22.3 Å². The highest BCUT2D eigenvalue weighted by Crippen LogP contribution is 2.33. The van der Waals surface area contributed by atoms with E-state index in [9.17, 15) is 13.6 Å². The van der Waals surface area contributed by atoms with Crippen molar-refractivity contribution >= 4 is 22.9 Å². The van der Waals surface area contributed by atoms with E-state index < -0.39 is 18.2 Å². The first-order valence-corrected chi connectivity index (χ1v) is 13.0. The second-order valence-corrected chi connectivity index (χ2v) is 10.4. The first-order valence-electron chi connectivity index (χ1n) is 13.0. The molecular formula is C29H32F2N6O3. The van der Waals surface area contributed by atoms with Gasteiger partial charge in [0.05, 0.1) is 24.1 Å². The summed E-state index contributed by atoms with van der Waals surface area (Å²) < 4.78 is 35.1. The largest absolute Gasteiger partial charge is 0.497 e. The lowest BCUT2D eigenvalue weighted by atomic mass is 9.98. The number of fused-ring (bicyclic) bond motifs is 1. The van der Waals surface area contributed by atoms with Crippen molar-refractivity contribution in [1.82, 2.24) is 25.2 Å². The van der Waals surface area contributed by atoms with E-state index >= 15 is 0 Å². The Morgan fingerprint density at radius 2 is 1.85 bits per heavy atom. The van der Waals surface area contributed by atoms with Crippen LogP contribution in [-0.4, -0.2) is 64.8 Å². The van der Waals surface area contributed by atoms with Crippen molar-refractivity contribution in [2.75, 3.05) is 31.6 Å². The van der Waals surface area contributed by atoms with Gasteiger partial charge in [-0.15, -0.1) is 0 Å². The number of hydrogen-bond acceptors (Lipinski definition) is 6. The van der Waals surface area contributed by atoms with E-state index in [1.165, 1.54) is 12.1 Å². The predicted molar refractivity (Wildman–Crippen MR) is 149 cm³/mol. The van der Waals surface area contributed by atoms with Crippen molar-refractivity contribution in [3.05, 3.63) is 66.5 Å². The molecule has 1 fully saturated rings. The number of alkyl halides is 2. The number of amides is 2. The summed E-state index contributed by atoms with van der Waals surface area (Å²) in [4.78, 5) is 29.7. The summed E-state index contributed by atoms with van der Waals surface area (Å²) in [6.45, 7) is 4.53.